The van der Waals surface area contributed by atoms with E-state index in [4.69, 9.17) is 4.42 Å². The van der Waals surface area contributed by atoms with Gasteiger partial charge in [0.15, 0.2) is 10.8 Å². The number of nitrogens with one attached hydrogen (secondary N) is 1. The van der Waals surface area contributed by atoms with Gasteiger partial charge in [0.25, 0.3) is 5.56 Å². The normalized spacial score (nSPS) is 12.1. The number of H-pyrrole nitrogens is 1. The van der Waals surface area contributed by atoms with Gasteiger partial charge in [0.1, 0.15) is 10.7 Å². The third kappa shape index (κ3) is 2.64. The van der Waals surface area contributed by atoms with E-state index < -0.39 is 0 Å². The quantitative estimate of drug-likeness (QED) is 0.604. The molecule has 5 nitrogen and oxygen atoms in total. The van der Waals surface area contributed by atoms with Gasteiger partial charge in [-0.05, 0) is 42.2 Å². The molecule has 4 aromatic rings. The van der Waals surface area contributed by atoms with Gasteiger partial charge in [0.2, 0.25) is 0 Å². The van der Waals surface area contributed by atoms with Crippen molar-refractivity contribution in [1.29, 1.82) is 0 Å². The lowest BCUT2D eigenvalue weighted by Gasteiger charge is -2.00. The number of nitrogens with zero attached hydrogens (tertiary/aromatic N) is 2. The van der Waals surface area contributed by atoms with E-state index in [9.17, 15) is 4.79 Å². The fraction of sp³-hybridized carbons (Fsp3) is 0.0625. The Morgan fingerprint density at radius 1 is 1.39 bits per heavy atom. The second-order valence-corrected chi connectivity index (χ2v) is 6.88. The molecule has 0 aliphatic carbocycles. The summed E-state index contributed by atoms with van der Waals surface area (Å²) < 4.78 is 5.35. The standard InChI is InChI=1S/C16H11N3O2S2/c1-9(13-18-14(20)11-4-6-22-15(11)19-13)7-10-8-17-16(23-10)12-3-2-5-21-12/h2-8H,1H3,(H,18,19,20)/b9-7-. The Morgan fingerprint density at radius 2 is 2.30 bits per heavy atom. The monoisotopic (exact) mass is 341 g/mol. The SMILES string of the molecule is C/C(=C/c1cnc(-c2ccco2)s1)c1nc2sccc2c(=O)[nH]1. The van der Waals surface area contributed by atoms with Crippen molar-refractivity contribution < 1.29 is 4.42 Å². The molecular formula is C16H11N3O2S2. The van der Waals surface area contributed by atoms with Crippen molar-refractivity contribution in [3.63, 3.8) is 0 Å². The summed E-state index contributed by atoms with van der Waals surface area (Å²) in [7, 11) is 0. The number of allylic oxidation sites excluding steroid dienone is 1. The minimum Gasteiger partial charge on any atom is -0.462 e. The van der Waals surface area contributed by atoms with E-state index in [0.717, 1.165) is 26.0 Å². The van der Waals surface area contributed by atoms with Crippen LogP contribution in [0.3, 0.4) is 0 Å². The number of rotatable bonds is 3. The van der Waals surface area contributed by atoms with E-state index in [0.29, 0.717) is 11.2 Å². The molecule has 0 amide bonds. The van der Waals surface area contributed by atoms with Crippen LogP contribution in [0.25, 0.3) is 32.6 Å². The molecule has 114 valence electrons. The van der Waals surface area contributed by atoms with Crippen molar-refractivity contribution in [2.45, 2.75) is 6.92 Å². The lowest BCUT2D eigenvalue weighted by atomic mass is 10.2. The third-order valence-electron chi connectivity index (χ3n) is 3.32. The minimum absolute atomic E-state index is 0.112. The number of hydrogen-bond donors (Lipinski definition) is 1. The molecule has 0 saturated heterocycles. The summed E-state index contributed by atoms with van der Waals surface area (Å²) in [5.41, 5.74) is 0.770. The molecule has 0 unspecified atom stereocenters. The van der Waals surface area contributed by atoms with E-state index in [1.54, 1.807) is 18.5 Å². The molecule has 0 aliphatic heterocycles. The first-order valence-corrected chi connectivity index (χ1v) is 8.56. The highest BCUT2D eigenvalue weighted by molar-refractivity contribution is 7.16. The van der Waals surface area contributed by atoms with Gasteiger partial charge < -0.3 is 9.40 Å². The zero-order valence-corrected chi connectivity index (χ0v) is 13.7. The number of aromatic nitrogens is 3. The Kier molecular flexibility index (Phi) is 3.44. The predicted octanol–water partition coefficient (Wildman–Crippen LogP) is 4.26. The topological polar surface area (TPSA) is 71.8 Å². The summed E-state index contributed by atoms with van der Waals surface area (Å²) >= 11 is 2.99. The first-order chi connectivity index (χ1) is 11.2. The van der Waals surface area contributed by atoms with Crippen LogP contribution in [-0.4, -0.2) is 15.0 Å². The minimum atomic E-state index is -0.112. The van der Waals surface area contributed by atoms with E-state index >= 15 is 0 Å². The third-order valence-corrected chi connectivity index (χ3v) is 5.09. The highest BCUT2D eigenvalue weighted by Crippen LogP contribution is 2.28. The molecule has 1 N–H and O–H groups in total. The summed E-state index contributed by atoms with van der Waals surface area (Å²) in [4.78, 5) is 25.5. The van der Waals surface area contributed by atoms with Crippen LogP contribution in [0, 0.1) is 0 Å². The maximum Gasteiger partial charge on any atom is 0.259 e. The van der Waals surface area contributed by atoms with E-state index in [1.165, 1.54) is 22.7 Å². The van der Waals surface area contributed by atoms with Gasteiger partial charge in [0.05, 0.1) is 11.6 Å². The van der Waals surface area contributed by atoms with Gasteiger partial charge in [-0.15, -0.1) is 22.7 Å². The van der Waals surface area contributed by atoms with E-state index in [2.05, 4.69) is 15.0 Å². The second kappa shape index (κ2) is 5.60. The van der Waals surface area contributed by atoms with Crippen LogP contribution in [0.2, 0.25) is 0 Å². The number of thiophene rings is 1. The molecule has 4 heterocycles. The lowest BCUT2D eigenvalue weighted by Crippen LogP contribution is -2.09. The Bertz CT molecular complexity index is 1050. The zero-order valence-electron chi connectivity index (χ0n) is 12.1. The van der Waals surface area contributed by atoms with Gasteiger partial charge >= 0.3 is 0 Å². The molecule has 0 aliphatic rings. The molecule has 0 radical (unpaired) electrons. The highest BCUT2D eigenvalue weighted by atomic mass is 32.1. The Balaban J connectivity index is 1.71. The largest absolute Gasteiger partial charge is 0.462 e. The van der Waals surface area contributed by atoms with Crippen LogP contribution >= 0.6 is 22.7 Å². The van der Waals surface area contributed by atoms with E-state index in [1.807, 2.05) is 30.5 Å². The van der Waals surface area contributed by atoms with Crippen LogP contribution in [-0.2, 0) is 0 Å². The maximum absolute atomic E-state index is 12.0. The average molecular weight is 341 g/mol. The molecule has 4 aromatic heterocycles. The zero-order chi connectivity index (χ0) is 15.8. The molecule has 0 atom stereocenters. The maximum atomic E-state index is 12.0. The summed E-state index contributed by atoms with van der Waals surface area (Å²) in [6.07, 6.45) is 5.37. The van der Waals surface area contributed by atoms with Crippen molar-refractivity contribution >= 4 is 44.5 Å². The summed E-state index contributed by atoms with van der Waals surface area (Å²) in [5, 5.41) is 3.32. The van der Waals surface area contributed by atoms with Gasteiger partial charge in [-0.3, -0.25) is 4.79 Å². The van der Waals surface area contributed by atoms with Crippen molar-refractivity contribution in [3.05, 3.63) is 57.1 Å². The molecular weight excluding hydrogens is 330 g/mol. The number of fused-ring (bicyclic) bond motifs is 1. The number of hydrogen-bond acceptors (Lipinski definition) is 6. The Hall–Kier alpha value is -2.51. The molecule has 0 spiro atoms. The summed E-state index contributed by atoms with van der Waals surface area (Å²) in [5.74, 6) is 1.33. The van der Waals surface area contributed by atoms with E-state index in [-0.39, 0.29) is 5.56 Å². The second-order valence-electron chi connectivity index (χ2n) is 4.93. The summed E-state index contributed by atoms with van der Waals surface area (Å²) in [6.45, 7) is 1.92. The fourth-order valence-corrected chi connectivity index (χ4v) is 3.85. The van der Waals surface area contributed by atoms with Crippen LogP contribution in [0.1, 0.15) is 17.6 Å². The van der Waals surface area contributed by atoms with Crippen molar-refractivity contribution in [2.24, 2.45) is 0 Å². The van der Waals surface area contributed by atoms with Crippen molar-refractivity contribution in [3.8, 4) is 10.8 Å². The lowest BCUT2D eigenvalue weighted by molar-refractivity contribution is 0.582. The molecule has 0 bridgehead atoms. The van der Waals surface area contributed by atoms with Gasteiger partial charge in [-0.25, -0.2) is 9.97 Å². The first-order valence-electron chi connectivity index (χ1n) is 6.86. The Morgan fingerprint density at radius 3 is 3.13 bits per heavy atom. The first kappa shape index (κ1) is 14.1. The number of thiazole rings is 1. The van der Waals surface area contributed by atoms with Crippen LogP contribution in [0.5, 0.6) is 0 Å². The molecule has 4 rings (SSSR count). The van der Waals surface area contributed by atoms with Gasteiger partial charge in [-0.2, -0.15) is 0 Å². The molecule has 23 heavy (non-hydrogen) atoms. The van der Waals surface area contributed by atoms with Crippen molar-refractivity contribution in [2.75, 3.05) is 0 Å². The molecule has 0 saturated carbocycles. The highest BCUT2D eigenvalue weighted by Gasteiger charge is 2.09. The Labute approximate surface area is 139 Å². The molecule has 0 aromatic carbocycles. The predicted molar refractivity (Wildman–Crippen MR) is 93.6 cm³/mol. The van der Waals surface area contributed by atoms with Gasteiger partial charge in [0, 0.05) is 11.1 Å². The smallest absolute Gasteiger partial charge is 0.259 e. The molecule has 0 fully saturated rings. The molecule has 7 heteroatoms. The van der Waals surface area contributed by atoms with Crippen LogP contribution in [0.15, 0.2) is 45.3 Å². The van der Waals surface area contributed by atoms with Crippen LogP contribution < -0.4 is 5.56 Å². The fourth-order valence-electron chi connectivity index (χ4n) is 2.20. The summed E-state index contributed by atoms with van der Waals surface area (Å²) in [6, 6.07) is 5.50. The average Bonchev–Trinajstić information content (AvgIpc) is 3.28. The number of aromatic amines is 1. The van der Waals surface area contributed by atoms with Crippen molar-refractivity contribution in [1.82, 2.24) is 15.0 Å². The van der Waals surface area contributed by atoms with Gasteiger partial charge in [-0.1, -0.05) is 0 Å². The number of furan rings is 1. The van der Waals surface area contributed by atoms with Crippen LogP contribution in [0.4, 0.5) is 0 Å².